The first-order valence-electron chi connectivity index (χ1n) is 8.14. The molecule has 0 N–H and O–H groups in total. The SMILES string of the molecule is CCc1nc(OCc2nc(-c3cccc(F)c3)no2)cc(C(C)C)n1. The summed E-state index contributed by atoms with van der Waals surface area (Å²) in [6, 6.07) is 7.83. The number of hydrogen-bond acceptors (Lipinski definition) is 6. The lowest BCUT2D eigenvalue weighted by atomic mass is 10.1. The Balaban J connectivity index is 1.73. The molecule has 0 saturated carbocycles. The molecule has 2 heterocycles. The van der Waals surface area contributed by atoms with Gasteiger partial charge in [0.2, 0.25) is 11.7 Å². The predicted octanol–water partition coefficient (Wildman–Crippen LogP) is 3.93. The Morgan fingerprint density at radius 1 is 1.16 bits per heavy atom. The first-order valence-corrected chi connectivity index (χ1v) is 8.14. The van der Waals surface area contributed by atoms with Crippen LogP contribution in [0.5, 0.6) is 5.88 Å². The molecule has 0 saturated heterocycles. The Hall–Kier alpha value is -2.83. The molecule has 0 atom stereocenters. The first-order chi connectivity index (χ1) is 12.0. The lowest BCUT2D eigenvalue weighted by Crippen LogP contribution is -2.04. The molecule has 0 aliphatic heterocycles. The van der Waals surface area contributed by atoms with Crippen molar-refractivity contribution in [3.63, 3.8) is 0 Å². The van der Waals surface area contributed by atoms with Gasteiger partial charge >= 0.3 is 0 Å². The van der Waals surface area contributed by atoms with Gasteiger partial charge < -0.3 is 9.26 Å². The highest BCUT2D eigenvalue weighted by molar-refractivity contribution is 5.53. The van der Waals surface area contributed by atoms with Gasteiger partial charge in [0.1, 0.15) is 11.6 Å². The highest BCUT2D eigenvalue weighted by atomic mass is 19.1. The maximum Gasteiger partial charge on any atom is 0.264 e. The van der Waals surface area contributed by atoms with Crippen molar-refractivity contribution in [3.8, 4) is 17.3 Å². The molecule has 25 heavy (non-hydrogen) atoms. The number of halogens is 1. The molecule has 1 aromatic carbocycles. The minimum Gasteiger partial charge on any atom is -0.467 e. The summed E-state index contributed by atoms with van der Waals surface area (Å²) in [5.74, 6) is 1.74. The number of aromatic nitrogens is 4. The molecule has 130 valence electrons. The van der Waals surface area contributed by atoms with E-state index in [4.69, 9.17) is 9.26 Å². The number of benzene rings is 1. The van der Waals surface area contributed by atoms with Crippen LogP contribution < -0.4 is 4.74 Å². The van der Waals surface area contributed by atoms with Gasteiger partial charge in [-0.1, -0.05) is 38.1 Å². The predicted molar refractivity (Wildman–Crippen MR) is 89.5 cm³/mol. The molecule has 0 amide bonds. The zero-order chi connectivity index (χ0) is 17.8. The van der Waals surface area contributed by atoms with Gasteiger partial charge in [-0.05, 0) is 18.1 Å². The molecule has 7 heteroatoms. The second kappa shape index (κ2) is 7.38. The fraction of sp³-hybridized carbons (Fsp3) is 0.333. The van der Waals surface area contributed by atoms with Gasteiger partial charge in [-0.15, -0.1) is 0 Å². The van der Waals surface area contributed by atoms with E-state index in [2.05, 4.69) is 34.0 Å². The molecule has 0 spiro atoms. The average Bonchev–Trinajstić information content (AvgIpc) is 3.08. The molecule has 2 aromatic heterocycles. The standard InChI is InChI=1S/C18H19FN4O2/c1-4-15-20-14(11(2)3)9-16(21-15)24-10-17-22-18(23-25-17)12-6-5-7-13(19)8-12/h5-9,11H,4,10H2,1-3H3. The van der Waals surface area contributed by atoms with Gasteiger partial charge in [0.15, 0.2) is 6.61 Å². The lowest BCUT2D eigenvalue weighted by molar-refractivity contribution is 0.234. The fourth-order valence-electron chi connectivity index (χ4n) is 2.21. The third kappa shape index (κ3) is 4.17. The minimum absolute atomic E-state index is 0.0834. The molecule has 3 rings (SSSR count). The molecule has 0 unspecified atom stereocenters. The third-order valence-electron chi connectivity index (χ3n) is 3.57. The Kier molecular flexibility index (Phi) is 5.02. The summed E-state index contributed by atoms with van der Waals surface area (Å²) in [5.41, 5.74) is 1.47. The zero-order valence-electron chi connectivity index (χ0n) is 14.4. The van der Waals surface area contributed by atoms with E-state index in [-0.39, 0.29) is 18.3 Å². The van der Waals surface area contributed by atoms with Crippen LogP contribution in [0.1, 0.15) is 44.1 Å². The molecule has 0 bridgehead atoms. The van der Waals surface area contributed by atoms with Crippen molar-refractivity contribution < 1.29 is 13.7 Å². The zero-order valence-corrected chi connectivity index (χ0v) is 14.4. The van der Waals surface area contributed by atoms with Gasteiger partial charge in [-0.25, -0.2) is 9.37 Å². The summed E-state index contributed by atoms with van der Waals surface area (Å²) in [6.45, 7) is 6.20. The lowest BCUT2D eigenvalue weighted by Gasteiger charge is -2.09. The van der Waals surface area contributed by atoms with Crippen molar-refractivity contribution in [2.24, 2.45) is 0 Å². The van der Waals surface area contributed by atoms with Crippen molar-refractivity contribution >= 4 is 0 Å². The number of rotatable bonds is 6. The Bertz CT molecular complexity index is 864. The Morgan fingerprint density at radius 3 is 2.72 bits per heavy atom. The van der Waals surface area contributed by atoms with Gasteiger partial charge in [-0.2, -0.15) is 9.97 Å². The smallest absolute Gasteiger partial charge is 0.264 e. The maximum absolute atomic E-state index is 13.3. The Labute approximate surface area is 145 Å². The fourth-order valence-corrected chi connectivity index (χ4v) is 2.21. The van der Waals surface area contributed by atoms with E-state index in [1.54, 1.807) is 12.1 Å². The van der Waals surface area contributed by atoms with Crippen LogP contribution in [0, 0.1) is 5.82 Å². The topological polar surface area (TPSA) is 73.9 Å². The molecular formula is C18H19FN4O2. The maximum atomic E-state index is 13.3. The molecule has 0 radical (unpaired) electrons. The van der Waals surface area contributed by atoms with Crippen LogP contribution in [0.2, 0.25) is 0 Å². The molecule has 6 nitrogen and oxygen atoms in total. The molecular weight excluding hydrogens is 323 g/mol. The number of aryl methyl sites for hydroxylation is 1. The summed E-state index contributed by atoms with van der Waals surface area (Å²) < 4.78 is 24.1. The van der Waals surface area contributed by atoms with Crippen LogP contribution in [0.15, 0.2) is 34.9 Å². The minimum atomic E-state index is -0.352. The van der Waals surface area contributed by atoms with Crippen molar-refractivity contribution in [3.05, 3.63) is 53.6 Å². The number of nitrogens with zero attached hydrogens (tertiary/aromatic N) is 4. The monoisotopic (exact) mass is 342 g/mol. The van der Waals surface area contributed by atoms with Crippen molar-refractivity contribution in [2.45, 2.75) is 39.7 Å². The Morgan fingerprint density at radius 2 is 2.00 bits per heavy atom. The number of hydrogen-bond donors (Lipinski definition) is 0. The summed E-state index contributed by atoms with van der Waals surface area (Å²) in [4.78, 5) is 13.1. The van der Waals surface area contributed by atoms with Crippen LogP contribution in [-0.4, -0.2) is 20.1 Å². The van der Waals surface area contributed by atoms with E-state index < -0.39 is 0 Å². The van der Waals surface area contributed by atoms with Gasteiger partial charge in [-0.3, -0.25) is 0 Å². The molecule has 0 aliphatic carbocycles. The van der Waals surface area contributed by atoms with Crippen molar-refractivity contribution in [2.75, 3.05) is 0 Å². The summed E-state index contributed by atoms with van der Waals surface area (Å²) in [6.07, 6.45) is 0.723. The summed E-state index contributed by atoms with van der Waals surface area (Å²) in [7, 11) is 0. The molecule has 0 fully saturated rings. The first kappa shape index (κ1) is 17.0. The molecule has 3 aromatic rings. The van der Waals surface area contributed by atoms with E-state index in [0.29, 0.717) is 23.2 Å². The van der Waals surface area contributed by atoms with Crippen LogP contribution in [0.25, 0.3) is 11.4 Å². The second-order valence-corrected chi connectivity index (χ2v) is 5.87. The van der Waals surface area contributed by atoms with E-state index in [9.17, 15) is 4.39 Å². The van der Waals surface area contributed by atoms with Crippen LogP contribution >= 0.6 is 0 Å². The summed E-state index contributed by atoms with van der Waals surface area (Å²) in [5, 5.41) is 3.85. The third-order valence-corrected chi connectivity index (χ3v) is 3.57. The van der Waals surface area contributed by atoms with Crippen LogP contribution in [0.3, 0.4) is 0 Å². The quantitative estimate of drug-likeness (QED) is 0.676. The van der Waals surface area contributed by atoms with E-state index in [0.717, 1.165) is 17.9 Å². The van der Waals surface area contributed by atoms with Crippen molar-refractivity contribution in [1.82, 2.24) is 20.1 Å². The molecule has 0 aliphatic rings. The highest BCUT2D eigenvalue weighted by Gasteiger charge is 2.12. The summed E-state index contributed by atoms with van der Waals surface area (Å²) >= 11 is 0. The van der Waals surface area contributed by atoms with Crippen LogP contribution in [-0.2, 0) is 13.0 Å². The van der Waals surface area contributed by atoms with Crippen molar-refractivity contribution in [1.29, 1.82) is 0 Å². The van der Waals surface area contributed by atoms with Gasteiger partial charge in [0.25, 0.3) is 5.89 Å². The number of ether oxygens (including phenoxy) is 1. The average molecular weight is 342 g/mol. The van der Waals surface area contributed by atoms with E-state index in [1.165, 1.54) is 12.1 Å². The highest BCUT2D eigenvalue weighted by Crippen LogP contribution is 2.20. The normalized spacial score (nSPS) is 11.1. The van der Waals surface area contributed by atoms with E-state index in [1.807, 2.05) is 13.0 Å². The van der Waals surface area contributed by atoms with Gasteiger partial charge in [0, 0.05) is 18.1 Å². The second-order valence-electron chi connectivity index (χ2n) is 5.87. The van der Waals surface area contributed by atoms with Crippen LogP contribution in [0.4, 0.5) is 4.39 Å². The van der Waals surface area contributed by atoms with Gasteiger partial charge in [0.05, 0.1) is 5.69 Å². The largest absolute Gasteiger partial charge is 0.467 e. The van der Waals surface area contributed by atoms with E-state index >= 15 is 0 Å².